The minimum absolute atomic E-state index is 0.282. The number of pyridine rings is 1. The van der Waals surface area contributed by atoms with E-state index >= 15 is 0 Å². The molecule has 0 saturated heterocycles. The second-order valence-electron chi connectivity index (χ2n) is 6.52. The quantitative estimate of drug-likeness (QED) is 0.381. The lowest BCUT2D eigenvalue weighted by molar-refractivity contribution is 0.576. The molecule has 0 aliphatic heterocycles. The van der Waals surface area contributed by atoms with E-state index < -0.39 is 0 Å². The number of aliphatic imine (C=N–C) groups is 1. The third-order valence-corrected chi connectivity index (χ3v) is 4.84. The zero-order chi connectivity index (χ0) is 19.3. The van der Waals surface area contributed by atoms with Gasteiger partial charge in [0.2, 0.25) is 0 Å². The highest BCUT2D eigenvalue weighted by molar-refractivity contribution is 6.30. The lowest BCUT2D eigenvalue weighted by Crippen LogP contribution is -2.19. The average molecular weight is 384 g/mol. The number of nitrogens with one attached hydrogen (secondary N) is 1. The fourth-order valence-corrected chi connectivity index (χ4v) is 3.27. The molecule has 0 bridgehead atoms. The van der Waals surface area contributed by atoms with Crippen LogP contribution in [0.25, 0.3) is 0 Å². The normalized spacial score (nSPS) is 13.2. The molecule has 0 radical (unpaired) electrons. The fourth-order valence-electron chi connectivity index (χ4n) is 3.14. The molecule has 0 amide bonds. The zero-order valence-electron chi connectivity index (χ0n) is 16.4. The maximum absolute atomic E-state index is 6.05. The molecule has 2 rings (SSSR count). The molecular formula is C23H30ClN3. The Bertz CT molecular complexity index is 708. The van der Waals surface area contributed by atoms with Crippen molar-refractivity contribution in [1.82, 2.24) is 10.3 Å². The molecule has 0 fully saturated rings. The van der Waals surface area contributed by atoms with Crippen molar-refractivity contribution in [2.45, 2.75) is 45.4 Å². The monoisotopic (exact) mass is 383 g/mol. The number of hydrogen-bond donors (Lipinski definition) is 1. The third kappa shape index (κ3) is 7.66. The van der Waals surface area contributed by atoms with Crippen LogP contribution in [0.5, 0.6) is 0 Å². The Morgan fingerprint density at radius 1 is 1.11 bits per heavy atom. The van der Waals surface area contributed by atoms with Gasteiger partial charge < -0.3 is 5.32 Å². The number of rotatable bonds is 11. The highest BCUT2D eigenvalue weighted by Gasteiger charge is 2.15. The van der Waals surface area contributed by atoms with Crippen molar-refractivity contribution >= 4 is 17.8 Å². The summed E-state index contributed by atoms with van der Waals surface area (Å²) in [6.07, 6.45) is 10.2. The molecule has 0 saturated carbocycles. The number of hydrogen-bond acceptors (Lipinski definition) is 3. The summed E-state index contributed by atoms with van der Waals surface area (Å²) in [6.45, 7) is 6.01. The minimum atomic E-state index is 0.282. The largest absolute Gasteiger partial charge is 0.317 e. The highest BCUT2D eigenvalue weighted by atomic mass is 35.5. The van der Waals surface area contributed by atoms with Crippen molar-refractivity contribution < 1.29 is 0 Å². The van der Waals surface area contributed by atoms with E-state index in [4.69, 9.17) is 11.6 Å². The van der Waals surface area contributed by atoms with Crippen LogP contribution in [-0.4, -0.2) is 24.3 Å². The summed E-state index contributed by atoms with van der Waals surface area (Å²) in [5.74, 6) is 0.282. The number of unbranched alkanes of at least 4 members (excludes halogenated alkanes) is 1. The van der Waals surface area contributed by atoms with Gasteiger partial charge in [0.25, 0.3) is 0 Å². The first-order chi connectivity index (χ1) is 13.2. The van der Waals surface area contributed by atoms with Gasteiger partial charge in [-0.05, 0) is 82.4 Å². The van der Waals surface area contributed by atoms with Crippen molar-refractivity contribution in [3.8, 4) is 0 Å². The third-order valence-electron chi connectivity index (χ3n) is 4.59. The van der Waals surface area contributed by atoms with Crippen molar-refractivity contribution in [3.63, 3.8) is 0 Å². The van der Waals surface area contributed by atoms with Gasteiger partial charge in [-0.15, -0.1) is 0 Å². The fraction of sp³-hybridized carbons (Fsp3) is 0.391. The van der Waals surface area contributed by atoms with E-state index in [0.717, 1.165) is 49.5 Å². The predicted molar refractivity (Wildman–Crippen MR) is 117 cm³/mol. The summed E-state index contributed by atoms with van der Waals surface area (Å²) in [7, 11) is 0. The molecule has 27 heavy (non-hydrogen) atoms. The van der Waals surface area contributed by atoms with Crippen molar-refractivity contribution in [2.75, 3.05) is 13.1 Å². The van der Waals surface area contributed by atoms with Crippen LogP contribution >= 0.6 is 11.6 Å². The summed E-state index contributed by atoms with van der Waals surface area (Å²) < 4.78 is 0. The molecule has 1 atom stereocenters. The molecule has 4 heteroatoms. The van der Waals surface area contributed by atoms with Gasteiger partial charge in [0.1, 0.15) is 0 Å². The predicted octanol–water partition coefficient (Wildman–Crippen LogP) is 6.01. The number of halogens is 1. The summed E-state index contributed by atoms with van der Waals surface area (Å²) in [4.78, 5) is 8.94. The van der Waals surface area contributed by atoms with Crippen LogP contribution in [-0.2, 0) is 0 Å². The zero-order valence-corrected chi connectivity index (χ0v) is 17.1. The van der Waals surface area contributed by atoms with Crippen LogP contribution in [0.2, 0.25) is 5.02 Å². The Hall–Kier alpha value is -1.97. The Kier molecular flexibility index (Phi) is 9.81. The number of aromatic nitrogens is 1. The van der Waals surface area contributed by atoms with Gasteiger partial charge in [0.15, 0.2) is 0 Å². The molecule has 1 aromatic carbocycles. The van der Waals surface area contributed by atoms with Gasteiger partial charge in [-0.2, -0.15) is 0 Å². The Labute approximate surface area is 168 Å². The first-order valence-electron chi connectivity index (χ1n) is 9.75. The van der Waals surface area contributed by atoms with Crippen molar-refractivity contribution in [2.24, 2.45) is 4.99 Å². The molecule has 1 unspecified atom stereocenters. The maximum atomic E-state index is 6.05. The van der Waals surface area contributed by atoms with Crippen LogP contribution < -0.4 is 5.32 Å². The summed E-state index contributed by atoms with van der Waals surface area (Å²) >= 11 is 6.05. The second kappa shape index (κ2) is 12.4. The average Bonchev–Trinajstić information content (AvgIpc) is 2.71. The molecule has 1 aromatic heterocycles. The van der Waals surface area contributed by atoms with Crippen LogP contribution in [0.1, 0.15) is 56.7 Å². The molecule has 2 aromatic rings. The second-order valence-corrected chi connectivity index (χ2v) is 6.96. The van der Waals surface area contributed by atoms with Crippen molar-refractivity contribution in [3.05, 3.63) is 76.7 Å². The molecule has 0 aliphatic rings. The molecule has 1 N–H and O–H groups in total. The van der Waals surface area contributed by atoms with Gasteiger partial charge in [0.05, 0.1) is 0 Å². The SMILES string of the molecule is CC=N/C(=C\C)CCCCNCCC(c1ccc(Cl)cc1)c1ccccn1. The first kappa shape index (κ1) is 21.3. The van der Waals surface area contributed by atoms with Crippen LogP contribution in [0.4, 0.5) is 0 Å². The molecule has 144 valence electrons. The van der Waals surface area contributed by atoms with Crippen LogP contribution in [0, 0.1) is 0 Å². The Balaban J connectivity index is 1.80. The molecule has 3 nitrogen and oxygen atoms in total. The maximum Gasteiger partial charge on any atom is 0.0478 e. The topological polar surface area (TPSA) is 37.3 Å². The van der Waals surface area contributed by atoms with Crippen LogP contribution in [0.15, 0.2) is 65.4 Å². The molecule has 0 spiro atoms. The van der Waals surface area contributed by atoms with Crippen molar-refractivity contribution in [1.29, 1.82) is 0 Å². The number of benzene rings is 1. The number of allylic oxidation sites excluding steroid dienone is 2. The van der Waals surface area contributed by atoms with E-state index in [1.54, 1.807) is 0 Å². The molecule has 1 heterocycles. The van der Waals surface area contributed by atoms with Gasteiger partial charge in [-0.25, -0.2) is 0 Å². The van der Waals surface area contributed by atoms with Gasteiger partial charge in [-0.1, -0.05) is 35.9 Å². The minimum Gasteiger partial charge on any atom is -0.317 e. The summed E-state index contributed by atoms with van der Waals surface area (Å²) in [5, 5.41) is 4.35. The van der Waals surface area contributed by atoms with Gasteiger partial charge >= 0.3 is 0 Å². The van der Waals surface area contributed by atoms with Crippen LogP contribution in [0.3, 0.4) is 0 Å². The van der Waals surface area contributed by atoms with E-state index in [1.807, 2.05) is 37.5 Å². The molecular weight excluding hydrogens is 354 g/mol. The highest BCUT2D eigenvalue weighted by Crippen LogP contribution is 2.27. The van der Waals surface area contributed by atoms with E-state index in [0.29, 0.717) is 0 Å². The standard InChI is InChI=1S/C23H30ClN3/c1-3-21(26-4-2)9-5-7-16-25-18-15-22(23-10-6-8-17-27-23)19-11-13-20(24)14-12-19/h3-4,6,8,10-14,17,22,25H,5,7,9,15-16,18H2,1-2H3/b21-3-,26-4?. The summed E-state index contributed by atoms with van der Waals surface area (Å²) in [6, 6.07) is 14.2. The Morgan fingerprint density at radius 2 is 1.93 bits per heavy atom. The lowest BCUT2D eigenvalue weighted by atomic mass is 9.92. The van der Waals surface area contributed by atoms with E-state index in [9.17, 15) is 0 Å². The smallest absolute Gasteiger partial charge is 0.0478 e. The van der Waals surface area contributed by atoms with Gasteiger partial charge in [-0.3, -0.25) is 9.98 Å². The lowest BCUT2D eigenvalue weighted by Gasteiger charge is -2.17. The molecule has 0 aliphatic carbocycles. The first-order valence-corrected chi connectivity index (χ1v) is 10.1. The number of nitrogens with zero attached hydrogens (tertiary/aromatic N) is 2. The van der Waals surface area contributed by atoms with Gasteiger partial charge in [0, 0.05) is 34.7 Å². The van der Waals surface area contributed by atoms with E-state index in [-0.39, 0.29) is 5.92 Å². The Morgan fingerprint density at radius 3 is 2.59 bits per heavy atom. The van der Waals surface area contributed by atoms with E-state index in [2.05, 4.69) is 52.6 Å². The van der Waals surface area contributed by atoms with E-state index in [1.165, 1.54) is 11.3 Å². The summed E-state index contributed by atoms with van der Waals surface area (Å²) in [5.41, 5.74) is 3.54.